The molecule has 0 aliphatic heterocycles. The van der Waals surface area contributed by atoms with E-state index in [9.17, 15) is 5.11 Å². The molecule has 0 amide bonds. The average Bonchev–Trinajstić information content (AvgIpc) is 2.85. The van der Waals surface area contributed by atoms with Crippen LogP contribution in [0.1, 0.15) is 41.8 Å². The van der Waals surface area contributed by atoms with Crippen LogP contribution >= 0.6 is 0 Å². The molecule has 0 aliphatic rings. The minimum absolute atomic E-state index is 0.0978. The highest BCUT2D eigenvalue weighted by molar-refractivity contribution is 5.65. The van der Waals surface area contributed by atoms with Crippen molar-refractivity contribution in [1.82, 2.24) is 9.97 Å². The third-order valence-electron chi connectivity index (χ3n) is 3.83. The Bertz CT molecular complexity index is 568. The Morgan fingerprint density at radius 1 is 1.16 bits per heavy atom. The Kier molecular flexibility index (Phi) is 4.05. The number of hydrogen-bond acceptors (Lipinski definition) is 2. The lowest BCUT2D eigenvalue weighted by Gasteiger charge is -2.09. The molecule has 1 aromatic carbocycles. The van der Waals surface area contributed by atoms with Crippen LogP contribution in [0.3, 0.4) is 0 Å². The van der Waals surface area contributed by atoms with Crippen molar-refractivity contribution in [3.05, 3.63) is 40.8 Å². The van der Waals surface area contributed by atoms with E-state index in [1.165, 1.54) is 22.3 Å². The molecule has 0 fully saturated rings. The van der Waals surface area contributed by atoms with Crippen LogP contribution in [-0.2, 0) is 0 Å². The number of H-pyrrole nitrogens is 1. The number of hydrogen-bond donors (Lipinski definition) is 2. The highest BCUT2D eigenvalue weighted by Gasteiger charge is 2.13. The summed E-state index contributed by atoms with van der Waals surface area (Å²) in [4.78, 5) is 7.76. The van der Waals surface area contributed by atoms with Gasteiger partial charge in [-0.25, -0.2) is 4.98 Å². The third-order valence-corrected chi connectivity index (χ3v) is 3.83. The summed E-state index contributed by atoms with van der Waals surface area (Å²) in [5.74, 6) is 0.971. The van der Waals surface area contributed by atoms with Gasteiger partial charge in [0.15, 0.2) is 0 Å². The lowest BCUT2D eigenvalue weighted by atomic mass is 9.99. The molecule has 2 N–H and O–H groups in total. The molecule has 19 heavy (non-hydrogen) atoms. The van der Waals surface area contributed by atoms with E-state index in [-0.39, 0.29) is 12.5 Å². The Morgan fingerprint density at radius 2 is 1.84 bits per heavy atom. The number of aromatic amines is 1. The molecule has 1 unspecified atom stereocenters. The summed E-state index contributed by atoms with van der Waals surface area (Å²) in [6, 6.07) is 4.40. The highest BCUT2D eigenvalue weighted by atomic mass is 16.3. The number of imidazole rings is 1. The topological polar surface area (TPSA) is 48.9 Å². The molecule has 1 heterocycles. The van der Waals surface area contributed by atoms with Crippen molar-refractivity contribution in [3.8, 4) is 11.3 Å². The van der Waals surface area contributed by atoms with Gasteiger partial charge in [-0.3, -0.25) is 0 Å². The van der Waals surface area contributed by atoms with E-state index in [0.717, 1.165) is 17.9 Å². The molecule has 102 valence electrons. The normalized spacial score (nSPS) is 12.7. The molecule has 2 rings (SSSR count). The zero-order valence-corrected chi connectivity index (χ0v) is 12.1. The van der Waals surface area contributed by atoms with E-state index in [0.29, 0.717) is 0 Å². The van der Waals surface area contributed by atoms with Crippen LogP contribution in [0.2, 0.25) is 0 Å². The minimum atomic E-state index is 0.0978. The number of rotatable bonds is 4. The van der Waals surface area contributed by atoms with Crippen molar-refractivity contribution in [1.29, 1.82) is 0 Å². The van der Waals surface area contributed by atoms with E-state index in [2.05, 4.69) is 49.8 Å². The Balaban J connectivity index is 2.40. The molecule has 3 nitrogen and oxygen atoms in total. The number of nitrogens with zero attached hydrogens (tertiary/aromatic N) is 1. The molecule has 3 heteroatoms. The molecule has 1 aromatic heterocycles. The van der Waals surface area contributed by atoms with Gasteiger partial charge in [0.2, 0.25) is 0 Å². The van der Waals surface area contributed by atoms with Crippen LogP contribution in [-0.4, -0.2) is 21.7 Å². The maximum absolute atomic E-state index is 9.33. The predicted molar refractivity (Wildman–Crippen MR) is 78.4 cm³/mol. The van der Waals surface area contributed by atoms with Crippen molar-refractivity contribution in [2.75, 3.05) is 6.61 Å². The zero-order chi connectivity index (χ0) is 14.0. The molecule has 1 atom stereocenters. The fourth-order valence-electron chi connectivity index (χ4n) is 2.34. The SMILES string of the molecule is CCC(CO)c1ncc(-c2cc(C)c(C)cc2C)[nH]1. The van der Waals surface area contributed by atoms with Crippen molar-refractivity contribution < 1.29 is 5.11 Å². The van der Waals surface area contributed by atoms with Gasteiger partial charge in [-0.1, -0.05) is 13.0 Å². The van der Waals surface area contributed by atoms with E-state index in [1.54, 1.807) is 0 Å². The van der Waals surface area contributed by atoms with Gasteiger partial charge < -0.3 is 10.1 Å². The second kappa shape index (κ2) is 5.57. The monoisotopic (exact) mass is 258 g/mol. The first-order valence-corrected chi connectivity index (χ1v) is 6.80. The fraction of sp³-hybridized carbons (Fsp3) is 0.438. The van der Waals surface area contributed by atoms with Gasteiger partial charge in [0, 0.05) is 11.5 Å². The Hall–Kier alpha value is -1.61. The summed E-state index contributed by atoms with van der Waals surface area (Å²) in [5.41, 5.74) is 6.06. The molecular weight excluding hydrogens is 236 g/mol. The zero-order valence-electron chi connectivity index (χ0n) is 12.1. The van der Waals surface area contributed by atoms with Gasteiger partial charge in [0.25, 0.3) is 0 Å². The van der Waals surface area contributed by atoms with Crippen LogP contribution < -0.4 is 0 Å². The van der Waals surface area contributed by atoms with Crippen LogP contribution in [0.15, 0.2) is 18.3 Å². The van der Waals surface area contributed by atoms with Crippen LogP contribution in [0.5, 0.6) is 0 Å². The third kappa shape index (κ3) is 2.71. The van der Waals surface area contributed by atoms with Gasteiger partial charge in [0.1, 0.15) is 5.82 Å². The molecule has 0 radical (unpaired) electrons. The van der Waals surface area contributed by atoms with Gasteiger partial charge in [-0.15, -0.1) is 0 Å². The lowest BCUT2D eigenvalue weighted by molar-refractivity contribution is 0.258. The average molecular weight is 258 g/mol. The van der Waals surface area contributed by atoms with Crippen LogP contribution in [0.25, 0.3) is 11.3 Å². The van der Waals surface area contributed by atoms with Crippen molar-refractivity contribution in [3.63, 3.8) is 0 Å². The maximum atomic E-state index is 9.33. The molecule has 0 spiro atoms. The molecule has 0 saturated carbocycles. The fourth-order valence-corrected chi connectivity index (χ4v) is 2.34. The van der Waals surface area contributed by atoms with Crippen molar-refractivity contribution in [2.24, 2.45) is 0 Å². The number of benzene rings is 1. The summed E-state index contributed by atoms with van der Waals surface area (Å²) in [6.07, 6.45) is 2.75. The quantitative estimate of drug-likeness (QED) is 0.882. The first-order chi connectivity index (χ1) is 9.06. The number of aliphatic hydroxyl groups excluding tert-OH is 1. The predicted octanol–water partition coefficient (Wildman–Crippen LogP) is 3.49. The van der Waals surface area contributed by atoms with E-state index in [4.69, 9.17) is 0 Å². The highest BCUT2D eigenvalue weighted by Crippen LogP contribution is 2.26. The first kappa shape index (κ1) is 13.8. The summed E-state index contributed by atoms with van der Waals surface area (Å²) in [5, 5.41) is 9.33. The number of aryl methyl sites for hydroxylation is 3. The van der Waals surface area contributed by atoms with E-state index < -0.39 is 0 Å². The second-order valence-corrected chi connectivity index (χ2v) is 5.22. The molecule has 0 saturated heterocycles. The first-order valence-electron chi connectivity index (χ1n) is 6.80. The summed E-state index contributed by atoms with van der Waals surface area (Å²) < 4.78 is 0. The molecule has 0 aliphatic carbocycles. The summed E-state index contributed by atoms with van der Waals surface area (Å²) in [7, 11) is 0. The summed E-state index contributed by atoms with van der Waals surface area (Å²) >= 11 is 0. The summed E-state index contributed by atoms with van der Waals surface area (Å²) in [6.45, 7) is 8.56. The standard InChI is InChI=1S/C16H22N2O/c1-5-13(9-19)16-17-8-15(18-16)14-7-11(3)10(2)6-12(14)4/h6-8,13,19H,5,9H2,1-4H3,(H,17,18). The largest absolute Gasteiger partial charge is 0.396 e. The van der Waals surface area contributed by atoms with E-state index >= 15 is 0 Å². The van der Waals surface area contributed by atoms with Crippen molar-refractivity contribution >= 4 is 0 Å². The number of aromatic nitrogens is 2. The smallest absolute Gasteiger partial charge is 0.111 e. The maximum Gasteiger partial charge on any atom is 0.111 e. The van der Waals surface area contributed by atoms with Crippen LogP contribution in [0, 0.1) is 20.8 Å². The molecule has 2 aromatic rings. The number of aliphatic hydroxyl groups is 1. The minimum Gasteiger partial charge on any atom is -0.396 e. The van der Waals surface area contributed by atoms with Crippen LogP contribution in [0.4, 0.5) is 0 Å². The van der Waals surface area contributed by atoms with E-state index in [1.807, 2.05) is 6.20 Å². The Labute approximate surface area is 114 Å². The van der Waals surface area contributed by atoms with Crippen molar-refractivity contribution in [2.45, 2.75) is 40.0 Å². The second-order valence-electron chi connectivity index (χ2n) is 5.22. The van der Waals surface area contributed by atoms with Gasteiger partial charge >= 0.3 is 0 Å². The molecular formula is C16H22N2O. The lowest BCUT2D eigenvalue weighted by Crippen LogP contribution is -2.04. The Morgan fingerprint density at radius 3 is 2.47 bits per heavy atom. The van der Waals surface area contributed by atoms with Gasteiger partial charge in [-0.05, 0) is 49.9 Å². The number of nitrogens with one attached hydrogen (secondary N) is 1. The van der Waals surface area contributed by atoms with Gasteiger partial charge in [0.05, 0.1) is 18.5 Å². The molecule has 0 bridgehead atoms. The van der Waals surface area contributed by atoms with Gasteiger partial charge in [-0.2, -0.15) is 0 Å².